The number of hydrogen-bond donors (Lipinski definition) is 2. The molecule has 0 bridgehead atoms. The van der Waals surface area contributed by atoms with E-state index in [-0.39, 0.29) is 0 Å². The van der Waals surface area contributed by atoms with Crippen molar-refractivity contribution < 1.29 is 9.59 Å². The van der Waals surface area contributed by atoms with Gasteiger partial charge in [-0.3, -0.25) is 9.59 Å². The van der Waals surface area contributed by atoms with E-state index in [1.165, 1.54) is 32.1 Å². The van der Waals surface area contributed by atoms with Gasteiger partial charge in [0, 0.05) is 17.3 Å². The van der Waals surface area contributed by atoms with E-state index in [2.05, 4.69) is 17.6 Å². The highest BCUT2D eigenvalue weighted by Gasteiger charge is 2.12. The first-order chi connectivity index (χ1) is 10.6. The molecule has 0 aliphatic heterocycles. The molecule has 0 spiro atoms. The average molecular weight is 325 g/mol. The fourth-order valence-corrected chi connectivity index (χ4v) is 2.31. The van der Waals surface area contributed by atoms with E-state index >= 15 is 0 Å². The topological polar surface area (TPSA) is 58.2 Å². The van der Waals surface area contributed by atoms with Crippen LogP contribution in [0.1, 0.15) is 51.9 Å². The first-order valence-corrected chi connectivity index (χ1v) is 8.36. The van der Waals surface area contributed by atoms with E-state index in [0.717, 1.165) is 12.8 Å². The van der Waals surface area contributed by atoms with Gasteiger partial charge in [0.05, 0.1) is 0 Å². The van der Waals surface area contributed by atoms with Gasteiger partial charge in [0.2, 0.25) is 0 Å². The molecule has 0 atom stereocenters. The van der Waals surface area contributed by atoms with Crippen molar-refractivity contribution in [2.24, 2.45) is 0 Å². The van der Waals surface area contributed by atoms with Crippen LogP contribution in [0, 0.1) is 0 Å². The third-order valence-electron chi connectivity index (χ3n) is 3.35. The minimum Gasteiger partial charge on any atom is -0.348 e. The minimum absolute atomic E-state index is 0.515. The van der Waals surface area contributed by atoms with Crippen LogP contribution in [-0.4, -0.2) is 18.4 Å². The molecule has 0 unspecified atom stereocenters. The van der Waals surface area contributed by atoms with Gasteiger partial charge in [-0.25, -0.2) is 0 Å². The number of unbranched alkanes of at least 4 members (excludes halogenated alkanes) is 6. The highest BCUT2D eigenvalue weighted by Crippen LogP contribution is 2.14. The number of carbonyl (C=O) groups excluding carboxylic acids is 2. The molecule has 0 heterocycles. The van der Waals surface area contributed by atoms with Crippen LogP contribution in [0.3, 0.4) is 0 Å². The first kappa shape index (κ1) is 18.5. The minimum atomic E-state index is -0.662. The van der Waals surface area contributed by atoms with Gasteiger partial charge in [0.1, 0.15) is 0 Å². The summed E-state index contributed by atoms with van der Waals surface area (Å²) < 4.78 is 0. The summed E-state index contributed by atoms with van der Waals surface area (Å²) in [5, 5.41) is 5.67. The van der Waals surface area contributed by atoms with Crippen LogP contribution in [-0.2, 0) is 9.59 Å². The number of anilines is 1. The zero-order valence-corrected chi connectivity index (χ0v) is 13.9. The second-order valence-electron chi connectivity index (χ2n) is 5.34. The Labute approximate surface area is 137 Å². The number of benzene rings is 1. The Morgan fingerprint density at radius 2 is 1.68 bits per heavy atom. The molecule has 0 saturated carbocycles. The monoisotopic (exact) mass is 324 g/mol. The van der Waals surface area contributed by atoms with Gasteiger partial charge in [0.25, 0.3) is 0 Å². The summed E-state index contributed by atoms with van der Waals surface area (Å²) in [6, 6.07) is 6.71. The maximum absolute atomic E-state index is 11.7. The van der Waals surface area contributed by atoms with E-state index in [1.54, 1.807) is 24.3 Å². The van der Waals surface area contributed by atoms with Gasteiger partial charge in [-0.2, -0.15) is 0 Å². The number of nitrogens with one attached hydrogen (secondary N) is 2. The maximum Gasteiger partial charge on any atom is 0.313 e. The summed E-state index contributed by atoms with van der Waals surface area (Å²) in [5.74, 6) is -1.27. The normalized spacial score (nSPS) is 10.3. The lowest BCUT2D eigenvalue weighted by Crippen LogP contribution is -2.35. The summed E-state index contributed by atoms with van der Waals surface area (Å²) >= 11 is 5.82. The van der Waals surface area contributed by atoms with Crippen molar-refractivity contribution in [3.8, 4) is 0 Å². The van der Waals surface area contributed by atoms with Crippen LogP contribution < -0.4 is 10.6 Å². The van der Waals surface area contributed by atoms with Crippen molar-refractivity contribution in [2.75, 3.05) is 11.9 Å². The second-order valence-corrected chi connectivity index (χ2v) is 5.78. The molecule has 2 N–H and O–H groups in total. The predicted octanol–water partition coefficient (Wildman–Crippen LogP) is 4.15. The Morgan fingerprint density at radius 3 is 2.36 bits per heavy atom. The molecule has 4 nitrogen and oxygen atoms in total. The zero-order valence-electron chi connectivity index (χ0n) is 13.2. The quantitative estimate of drug-likeness (QED) is 0.529. The van der Waals surface area contributed by atoms with Crippen LogP contribution in [0.5, 0.6) is 0 Å². The fourth-order valence-electron chi connectivity index (χ4n) is 2.12. The highest BCUT2D eigenvalue weighted by atomic mass is 35.5. The molecule has 22 heavy (non-hydrogen) atoms. The van der Waals surface area contributed by atoms with Gasteiger partial charge in [-0.15, -0.1) is 0 Å². The third kappa shape index (κ3) is 8.03. The lowest BCUT2D eigenvalue weighted by molar-refractivity contribution is -0.136. The van der Waals surface area contributed by atoms with Crippen molar-refractivity contribution in [2.45, 2.75) is 51.9 Å². The van der Waals surface area contributed by atoms with E-state index in [1.807, 2.05) is 0 Å². The highest BCUT2D eigenvalue weighted by molar-refractivity contribution is 6.39. The van der Waals surface area contributed by atoms with E-state index < -0.39 is 11.8 Å². The molecule has 0 fully saturated rings. The Kier molecular flexibility index (Phi) is 9.31. The molecular weight excluding hydrogens is 300 g/mol. The number of rotatable bonds is 9. The molecule has 1 aromatic rings. The summed E-state index contributed by atoms with van der Waals surface area (Å²) in [6.07, 6.45) is 8.24. The molecule has 0 aliphatic rings. The number of halogens is 1. The summed E-state index contributed by atoms with van der Waals surface area (Å²) in [5.41, 5.74) is 0.517. The number of amides is 2. The molecule has 0 aliphatic carbocycles. The van der Waals surface area contributed by atoms with Crippen molar-refractivity contribution in [3.05, 3.63) is 29.3 Å². The van der Waals surface area contributed by atoms with E-state index in [0.29, 0.717) is 17.3 Å². The summed E-state index contributed by atoms with van der Waals surface area (Å²) in [7, 11) is 0. The number of carbonyl (C=O) groups is 2. The lowest BCUT2D eigenvalue weighted by Gasteiger charge is -2.07. The third-order valence-corrected chi connectivity index (χ3v) is 3.59. The van der Waals surface area contributed by atoms with Crippen LogP contribution >= 0.6 is 11.6 Å². The molecule has 122 valence electrons. The molecule has 0 saturated heterocycles. The van der Waals surface area contributed by atoms with Gasteiger partial charge >= 0.3 is 11.8 Å². The summed E-state index contributed by atoms with van der Waals surface area (Å²) in [4.78, 5) is 23.3. The van der Waals surface area contributed by atoms with Gasteiger partial charge < -0.3 is 10.6 Å². The van der Waals surface area contributed by atoms with Gasteiger partial charge in [-0.1, -0.05) is 63.1 Å². The van der Waals surface area contributed by atoms with Crippen LogP contribution in [0.2, 0.25) is 5.02 Å². The average Bonchev–Trinajstić information content (AvgIpc) is 2.49. The van der Waals surface area contributed by atoms with Crippen LogP contribution in [0.25, 0.3) is 0 Å². The molecule has 0 radical (unpaired) electrons. The largest absolute Gasteiger partial charge is 0.348 e. The molecular formula is C17H25ClN2O2. The van der Waals surface area contributed by atoms with Crippen molar-refractivity contribution in [3.63, 3.8) is 0 Å². The van der Waals surface area contributed by atoms with Crippen LogP contribution in [0.4, 0.5) is 5.69 Å². The van der Waals surface area contributed by atoms with Crippen molar-refractivity contribution in [1.82, 2.24) is 5.32 Å². The molecule has 2 amide bonds. The van der Waals surface area contributed by atoms with E-state index in [9.17, 15) is 9.59 Å². The van der Waals surface area contributed by atoms with E-state index in [4.69, 9.17) is 11.6 Å². The zero-order chi connectivity index (χ0) is 16.2. The molecule has 0 aromatic heterocycles. The molecule has 1 aromatic carbocycles. The van der Waals surface area contributed by atoms with Gasteiger partial charge in [-0.05, 0) is 24.6 Å². The second kappa shape index (κ2) is 11.1. The van der Waals surface area contributed by atoms with Gasteiger partial charge in [0.15, 0.2) is 0 Å². The summed E-state index contributed by atoms with van der Waals surface area (Å²) in [6.45, 7) is 2.74. The van der Waals surface area contributed by atoms with Crippen molar-refractivity contribution >= 4 is 29.1 Å². The molecule has 5 heteroatoms. The Bertz CT molecular complexity index is 477. The Balaban J connectivity index is 2.13. The smallest absolute Gasteiger partial charge is 0.313 e. The lowest BCUT2D eigenvalue weighted by atomic mass is 10.1. The SMILES string of the molecule is CCCCCCCCCNC(=O)C(=O)Nc1cccc(Cl)c1. The van der Waals surface area contributed by atoms with Crippen LogP contribution in [0.15, 0.2) is 24.3 Å². The van der Waals surface area contributed by atoms with Crippen molar-refractivity contribution in [1.29, 1.82) is 0 Å². The molecule has 1 rings (SSSR count). The fraction of sp³-hybridized carbons (Fsp3) is 0.529. The standard InChI is InChI=1S/C17H25ClN2O2/c1-2-3-4-5-6-7-8-12-19-16(21)17(22)20-15-11-9-10-14(18)13-15/h9-11,13H,2-8,12H2,1H3,(H,19,21)(H,20,22). The first-order valence-electron chi connectivity index (χ1n) is 7.98. The Morgan fingerprint density at radius 1 is 1.00 bits per heavy atom. The predicted molar refractivity (Wildman–Crippen MR) is 91.1 cm³/mol. The Hall–Kier alpha value is -1.55. The number of hydrogen-bond acceptors (Lipinski definition) is 2. The maximum atomic E-state index is 11.7.